The number of likely N-dealkylation sites (N-methyl/N-ethyl adjacent to an activating group) is 1. The molecule has 1 heterocycles. The first-order valence-electron chi connectivity index (χ1n) is 16.1. The van der Waals surface area contributed by atoms with E-state index in [1.54, 1.807) is 30.0 Å². The zero-order valence-corrected chi connectivity index (χ0v) is 29.2. The highest BCUT2D eigenvalue weighted by atomic mass is 35.5. The number of ether oxygens (including phenoxy) is 2. The number of benzene rings is 3. The lowest BCUT2D eigenvalue weighted by molar-refractivity contribution is -0.134. The Kier molecular flexibility index (Phi) is 11.2. The van der Waals surface area contributed by atoms with Crippen LogP contribution >= 0.6 is 11.6 Å². The van der Waals surface area contributed by atoms with Crippen LogP contribution in [0.25, 0.3) is 0 Å². The monoisotopic (exact) mass is 698 g/mol. The molecule has 0 saturated heterocycles. The number of rotatable bonds is 9. The number of carbonyl (C=O) groups excluding carboxylic acids is 2. The Morgan fingerprint density at radius 2 is 1.90 bits per heavy atom. The normalized spacial score (nSPS) is 18.8. The Morgan fingerprint density at radius 1 is 1.12 bits per heavy atom. The van der Waals surface area contributed by atoms with E-state index in [4.69, 9.17) is 21.1 Å². The van der Waals surface area contributed by atoms with Crippen molar-refractivity contribution in [3.8, 4) is 11.5 Å². The molecule has 0 aromatic heterocycles. The van der Waals surface area contributed by atoms with E-state index in [1.807, 2.05) is 19.1 Å². The standard InChI is InChI=1S/C35H43ClN4O7S/c1-22-19-40(23(2)21-41)34(42)17-25-16-26(37-35(43)38-30-11-7-9-24-8-5-6-10-28(24)30)12-14-31(25)47-33(22)20-39(3)48(44,45)27-13-15-32(46-4)29(36)18-27/h7,9,11-16,18,22-23,33,41H,5-6,8,10,17,19-21H2,1-4H3,(H2,37,38,43)/t22-,23-,33-/m0/s1. The minimum Gasteiger partial charge on any atom is -0.495 e. The molecule has 1 aliphatic heterocycles. The molecule has 0 fully saturated rings. The van der Waals surface area contributed by atoms with Gasteiger partial charge >= 0.3 is 6.03 Å². The van der Waals surface area contributed by atoms with Crippen LogP contribution in [0.3, 0.4) is 0 Å². The van der Waals surface area contributed by atoms with Crippen molar-refractivity contribution >= 4 is 44.9 Å². The molecular formula is C35H43ClN4O7S. The van der Waals surface area contributed by atoms with Gasteiger partial charge in [0.25, 0.3) is 0 Å². The SMILES string of the molecule is COc1ccc(S(=O)(=O)N(C)C[C@@H]2Oc3ccc(NC(=O)Nc4cccc5c4CCCC5)cc3CC(=O)N([C@@H](C)CO)C[C@@H]2C)cc1Cl. The number of aliphatic hydroxyl groups excluding tert-OH is 1. The molecule has 3 atom stereocenters. The van der Waals surface area contributed by atoms with Crippen LogP contribution in [0, 0.1) is 5.92 Å². The molecular weight excluding hydrogens is 656 g/mol. The van der Waals surface area contributed by atoms with E-state index in [-0.39, 0.29) is 47.9 Å². The smallest absolute Gasteiger partial charge is 0.323 e. The van der Waals surface area contributed by atoms with Crippen molar-refractivity contribution in [3.63, 3.8) is 0 Å². The first-order chi connectivity index (χ1) is 22.9. The lowest BCUT2D eigenvalue weighted by atomic mass is 9.90. The van der Waals surface area contributed by atoms with Gasteiger partial charge in [-0.05, 0) is 86.2 Å². The fraction of sp³-hybridized carbons (Fsp3) is 0.429. The number of aryl methyl sites for hydroxylation is 1. The van der Waals surface area contributed by atoms with Gasteiger partial charge in [0.1, 0.15) is 17.6 Å². The summed E-state index contributed by atoms with van der Waals surface area (Å²) in [6, 6.07) is 14.4. The molecule has 0 spiro atoms. The maximum absolute atomic E-state index is 13.6. The number of hydrogen-bond acceptors (Lipinski definition) is 7. The highest BCUT2D eigenvalue weighted by Gasteiger charge is 2.34. The van der Waals surface area contributed by atoms with Gasteiger partial charge in [0.05, 0.1) is 42.6 Å². The molecule has 2 aliphatic rings. The Morgan fingerprint density at radius 3 is 2.62 bits per heavy atom. The minimum absolute atomic E-state index is 0.00244. The van der Waals surface area contributed by atoms with Gasteiger partial charge in [0, 0.05) is 36.4 Å². The summed E-state index contributed by atoms with van der Waals surface area (Å²) in [7, 11) is -1.06. The number of methoxy groups -OCH3 is 1. The molecule has 1 aliphatic carbocycles. The Bertz CT molecular complexity index is 1770. The minimum atomic E-state index is -3.98. The van der Waals surface area contributed by atoms with E-state index in [1.165, 1.54) is 42.2 Å². The first-order valence-corrected chi connectivity index (χ1v) is 17.9. The van der Waals surface area contributed by atoms with Gasteiger partial charge in [-0.2, -0.15) is 4.31 Å². The van der Waals surface area contributed by atoms with Gasteiger partial charge in [-0.15, -0.1) is 0 Å². The van der Waals surface area contributed by atoms with Gasteiger partial charge in [-0.3, -0.25) is 4.79 Å². The molecule has 11 nitrogen and oxygen atoms in total. The molecule has 3 N–H and O–H groups in total. The van der Waals surface area contributed by atoms with Crippen molar-refractivity contribution in [2.75, 3.05) is 44.5 Å². The number of anilines is 2. The van der Waals surface area contributed by atoms with Gasteiger partial charge in [-0.1, -0.05) is 30.7 Å². The third kappa shape index (κ3) is 7.89. The van der Waals surface area contributed by atoms with Gasteiger partial charge < -0.3 is 30.1 Å². The molecule has 5 rings (SSSR count). The van der Waals surface area contributed by atoms with Gasteiger partial charge in [-0.25, -0.2) is 13.2 Å². The number of sulfonamides is 1. The fourth-order valence-electron chi connectivity index (χ4n) is 6.25. The van der Waals surface area contributed by atoms with E-state index in [2.05, 4.69) is 16.7 Å². The van der Waals surface area contributed by atoms with Crippen LogP contribution in [0.2, 0.25) is 5.02 Å². The number of nitrogens with zero attached hydrogens (tertiary/aromatic N) is 2. The van der Waals surface area contributed by atoms with E-state index >= 15 is 0 Å². The molecule has 258 valence electrons. The van der Waals surface area contributed by atoms with Crippen molar-refractivity contribution in [2.45, 2.75) is 63.0 Å². The van der Waals surface area contributed by atoms with Crippen LogP contribution in [-0.2, 0) is 34.1 Å². The van der Waals surface area contributed by atoms with Gasteiger partial charge in [0.2, 0.25) is 15.9 Å². The summed E-state index contributed by atoms with van der Waals surface area (Å²) >= 11 is 6.23. The molecule has 3 aromatic rings. The summed E-state index contributed by atoms with van der Waals surface area (Å²) in [5.41, 5.74) is 4.19. The maximum atomic E-state index is 13.6. The summed E-state index contributed by atoms with van der Waals surface area (Å²) in [6.45, 7) is 3.60. The van der Waals surface area contributed by atoms with Crippen molar-refractivity contribution < 1.29 is 32.6 Å². The third-order valence-corrected chi connectivity index (χ3v) is 11.2. The number of fused-ring (bicyclic) bond motifs is 2. The Balaban J connectivity index is 1.40. The number of urea groups is 1. The lowest BCUT2D eigenvalue weighted by Crippen LogP contribution is -2.48. The van der Waals surface area contributed by atoms with Crippen LogP contribution in [0.5, 0.6) is 11.5 Å². The largest absolute Gasteiger partial charge is 0.495 e. The molecule has 0 radical (unpaired) electrons. The number of amides is 3. The highest BCUT2D eigenvalue weighted by molar-refractivity contribution is 7.89. The highest BCUT2D eigenvalue weighted by Crippen LogP contribution is 2.32. The third-order valence-electron chi connectivity index (χ3n) is 9.09. The van der Waals surface area contributed by atoms with E-state index in [0.717, 1.165) is 36.9 Å². The number of hydrogen-bond donors (Lipinski definition) is 3. The zero-order valence-electron chi connectivity index (χ0n) is 27.7. The van der Waals surface area contributed by atoms with Crippen LogP contribution < -0.4 is 20.1 Å². The van der Waals surface area contributed by atoms with Crippen molar-refractivity contribution in [1.82, 2.24) is 9.21 Å². The van der Waals surface area contributed by atoms with Crippen molar-refractivity contribution in [3.05, 3.63) is 76.3 Å². The molecule has 13 heteroatoms. The molecule has 0 saturated carbocycles. The van der Waals surface area contributed by atoms with Crippen LogP contribution in [0.4, 0.5) is 16.2 Å². The summed E-state index contributed by atoms with van der Waals surface area (Å²) in [5, 5.41) is 16.0. The Hall–Kier alpha value is -3.84. The van der Waals surface area contributed by atoms with E-state index in [0.29, 0.717) is 22.7 Å². The predicted octanol–water partition coefficient (Wildman–Crippen LogP) is 5.34. The summed E-state index contributed by atoms with van der Waals surface area (Å²) in [5.74, 6) is 0.211. The van der Waals surface area contributed by atoms with Crippen LogP contribution in [-0.4, -0.2) is 80.7 Å². The van der Waals surface area contributed by atoms with Crippen LogP contribution in [0.15, 0.2) is 59.5 Å². The summed E-state index contributed by atoms with van der Waals surface area (Å²) < 4.78 is 40.0. The van der Waals surface area contributed by atoms with Crippen molar-refractivity contribution in [2.24, 2.45) is 5.92 Å². The molecule has 3 amide bonds. The molecule has 48 heavy (non-hydrogen) atoms. The lowest BCUT2D eigenvalue weighted by Gasteiger charge is -2.34. The molecule has 3 aromatic carbocycles. The first kappa shape index (κ1) is 35.5. The second-order valence-electron chi connectivity index (χ2n) is 12.5. The van der Waals surface area contributed by atoms with E-state index < -0.39 is 28.2 Å². The number of halogens is 1. The fourth-order valence-corrected chi connectivity index (χ4v) is 7.78. The zero-order chi connectivity index (χ0) is 34.6. The summed E-state index contributed by atoms with van der Waals surface area (Å²) in [4.78, 5) is 28.3. The topological polar surface area (TPSA) is 138 Å². The van der Waals surface area contributed by atoms with E-state index in [9.17, 15) is 23.1 Å². The predicted molar refractivity (Wildman–Crippen MR) is 186 cm³/mol. The summed E-state index contributed by atoms with van der Waals surface area (Å²) in [6.07, 6.45) is 3.40. The van der Waals surface area contributed by atoms with Crippen LogP contribution in [0.1, 0.15) is 43.4 Å². The second kappa shape index (κ2) is 15.1. The molecule has 0 unspecified atom stereocenters. The number of nitrogens with one attached hydrogen (secondary N) is 2. The quantitative estimate of drug-likeness (QED) is 0.274. The number of aliphatic hydroxyl groups is 1. The van der Waals surface area contributed by atoms with Crippen molar-refractivity contribution in [1.29, 1.82) is 0 Å². The average molecular weight is 699 g/mol. The molecule has 0 bridgehead atoms. The number of carbonyl (C=O) groups is 2. The Labute approximate surface area is 287 Å². The second-order valence-corrected chi connectivity index (χ2v) is 15.0. The van der Waals surface area contributed by atoms with Gasteiger partial charge in [0.15, 0.2) is 0 Å². The maximum Gasteiger partial charge on any atom is 0.323 e. The average Bonchev–Trinajstić information content (AvgIpc) is 3.11.